The van der Waals surface area contributed by atoms with Crippen molar-refractivity contribution in [2.24, 2.45) is 0 Å². The second kappa shape index (κ2) is 5.36. The molecule has 23 heavy (non-hydrogen) atoms. The average molecular weight is 296 g/mol. The minimum atomic E-state index is 0.0952. The van der Waals surface area contributed by atoms with Gasteiger partial charge in [-0.1, -0.05) is 72.8 Å². The molecule has 0 aliphatic heterocycles. The van der Waals surface area contributed by atoms with E-state index in [1.54, 1.807) is 6.92 Å². The summed E-state index contributed by atoms with van der Waals surface area (Å²) in [5, 5.41) is 4.84. The summed E-state index contributed by atoms with van der Waals surface area (Å²) in [5.74, 6) is 0.0952. The first-order valence-corrected chi connectivity index (χ1v) is 7.76. The molecule has 4 aromatic rings. The first-order valence-electron chi connectivity index (χ1n) is 7.76. The number of rotatable bonds is 2. The number of carbonyl (C=O) groups is 1. The molecule has 1 nitrogen and oxygen atoms in total. The van der Waals surface area contributed by atoms with Crippen LogP contribution < -0.4 is 0 Å². The molecule has 0 bridgehead atoms. The van der Waals surface area contributed by atoms with Gasteiger partial charge in [0.1, 0.15) is 0 Å². The van der Waals surface area contributed by atoms with Crippen molar-refractivity contribution in [1.82, 2.24) is 0 Å². The summed E-state index contributed by atoms with van der Waals surface area (Å²) in [7, 11) is 0. The van der Waals surface area contributed by atoms with Crippen molar-refractivity contribution in [3.8, 4) is 11.1 Å². The quantitative estimate of drug-likeness (QED) is 0.334. The number of hydrogen-bond acceptors (Lipinski definition) is 1. The number of hydrogen-bond donors (Lipinski definition) is 0. The number of fused-ring (bicyclic) bond motifs is 3. The van der Waals surface area contributed by atoms with E-state index in [2.05, 4.69) is 54.6 Å². The zero-order valence-corrected chi connectivity index (χ0v) is 12.9. The van der Waals surface area contributed by atoms with Crippen LogP contribution in [0.25, 0.3) is 32.7 Å². The summed E-state index contributed by atoms with van der Waals surface area (Å²) < 4.78 is 0. The molecule has 0 fully saturated rings. The summed E-state index contributed by atoms with van der Waals surface area (Å²) in [6.45, 7) is 1.63. The van der Waals surface area contributed by atoms with Crippen LogP contribution in [-0.2, 0) is 0 Å². The maximum Gasteiger partial charge on any atom is 0.160 e. The Hall–Kier alpha value is -2.93. The lowest BCUT2D eigenvalue weighted by atomic mass is 9.90. The molecule has 0 heterocycles. The maximum absolute atomic E-state index is 12.0. The highest BCUT2D eigenvalue weighted by Gasteiger charge is 2.13. The average Bonchev–Trinajstić information content (AvgIpc) is 2.61. The molecule has 0 aliphatic carbocycles. The molecule has 0 aromatic heterocycles. The Morgan fingerprint density at radius 3 is 2.04 bits per heavy atom. The van der Waals surface area contributed by atoms with Gasteiger partial charge in [-0.15, -0.1) is 0 Å². The van der Waals surface area contributed by atoms with Gasteiger partial charge in [-0.25, -0.2) is 0 Å². The predicted molar refractivity (Wildman–Crippen MR) is 96.9 cm³/mol. The Bertz CT molecular complexity index is 1040. The van der Waals surface area contributed by atoms with Gasteiger partial charge in [-0.3, -0.25) is 4.79 Å². The first-order chi connectivity index (χ1) is 11.3. The Morgan fingerprint density at radius 1 is 0.652 bits per heavy atom. The molecule has 4 rings (SSSR count). The molecule has 0 saturated carbocycles. The van der Waals surface area contributed by atoms with Crippen molar-refractivity contribution in [2.75, 3.05) is 0 Å². The third-order valence-electron chi connectivity index (χ3n) is 4.36. The Kier molecular flexibility index (Phi) is 3.20. The fraction of sp³-hybridized carbons (Fsp3) is 0.0455. The van der Waals surface area contributed by atoms with Crippen molar-refractivity contribution in [3.05, 3.63) is 84.4 Å². The van der Waals surface area contributed by atoms with Gasteiger partial charge >= 0.3 is 0 Å². The van der Waals surface area contributed by atoms with Gasteiger partial charge in [0.05, 0.1) is 0 Å². The van der Waals surface area contributed by atoms with Crippen LogP contribution in [-0.4, -0.2) is 5.78 Å². The third-order valence-corrected chi connectivity index (χ3v) is 4.36. The molecule has 0 saturated heterocycles. The van der Waals surface area contributed by atoms with Crippen LogP contribution in [0.3, 0.4) is 0 Å². The van der Waals surface area contributed by atoms with E-state index in [9.17, 15) is 4.79 Å². The van der Waals surface area contributed by atoms with E-state index in [0.29, 0.717) is 0 Å². The van der Waals surface area contributed by atoms with E-state index in [-0.39, 0.29) is 5.78 Å². The summed E-state index contributed by atoms with van der Waals surface area (Å²) in [5.41, 5.74) is 2.89. The molecular formula is C22H16O. The lowest BCUT2D eigenvalue weighted by Crippen LogP contribution is -1.96. The monoisotopic (exact) mass is 296 g/mol. The van der Waals surface area contributed by atoms with E-state index < -0.39 is 0 Å². The minimum Gasteiger partial charge on any atom is -0.294 e. The largest absolute Gasteiger partial charge is 0.294 e. The number of benzene rings is 4. The molecule has 0 unspecified atom stereocenters. The normalized spacial score (nSPS) is 11.0. The zero-order chi connectivity index (χ0) is 15.8. The predicted octanol–water partition coefficient (Wildman–Crippen LogP) is 5.86. The number of carbonyl (C=O) groups excluding carboxylic acids is 1. The lowest BCUT2D eigenvalue weighted by Gasteiger charge is -2.13. The van der Waals surface area contributed by atoms with Crippen LogP contribution in [0.15, 0.2) is 78.9 Å². The van der Waals surface area contributed by atoms with Crippen molar-refractivity contribution >= 4 is 27.3 Å². The topological polar surface area (TPSA) is 17.1 Å². The molecular weight excluding hydrogens is 280 g/mol. The Balaban J connectivity index is 2.17. The van der Waals surface area contributed by atoms with Gasteiger partial charge < -0.3 is 0 Å². The molecule has 0 atom stereocenters. The van der Waals surface area contributed by atoms with Crippen LogP contribution in [0.1, 0.15) is 17.3 Å². The smallest absolute Gasteiger partial charge is 0.160 e. The Morgan fingerprint density at radius 2 is 1.26 bits per heavy atom. The summed E-state index contributed by atoms with van der Waals surface area (Å²) in [6.07, 6.45) is 0. The summed E-state index contributed by atoms with van der Waals surface area (Å²) in [6, 6.07) is 26.8. The molecule has 110 valence electrons. The van der Waals surface area contributed by atoms with Crippen molar-refractivity contribution in [1.29, 1.82) is 0 Å². The Labute approximate surface area is 135 Å². The molecule has 0 aliphatic rings. The fourth-order valence-electron chi connectivity index (χ4n) is 3.30. The lowest BCUT2D eigenvalue weighted by molar-refractivity contribution is 0.101. The number of Topliss-reactive ketones (excluding diaryl/α,β-unsaturated/α-hetero) is 1. The van der Waals surface area contributed by atoms with Crippen LogP contribution in [0.2, 0.25) is 0 Å². The van der Waals surface area contributed by atoms with Gasteiger partial charge in [-0.05, 0) is 45.7 Å². The minimum absolute atomic E-state index is 0.0952. The second-order valence-electron chi connectivity index (χ2n) is 5.79. The van der Waals surface area contributed by atoms with Crippen LogP contribution in [0, 0.1) is 0 Å². The second-order valence-corrected chi connectivity index (χ2v) is 5.79. The van der Waals surface area contributed by atoms with Crippen molar-refractivity contribution in [2.45, 2.75) is 6.92 Å². The van der Waals surface area contributed by atoms with Crippen LogP contribution in [0.4, 0.5) is 0 Å². The van der Waals surface area contributed by atoms with E-state index >= 15 is 0 Å². The van der Waals surface area contributed by atoms with E-state index in [1.807, 2.05) is 24.3 Å². The third kappa shape index (κ3) is 2.22. The van der Waals surface area contributed by atoms with Gasteiger partial charge in [0.25, 0.3) is 0 Å². The first kappa shape index (κ1) is 13.7. The van der Waals surface area contributed by atoms with E-state index in [0.717, 1.165) is 16.7 Å². The highest BCUT2D eigenvalue weighted by Crippen LogP contribution is 2.36. The maximum atomic E-state index is 12.0. The van der Waals surface area contributed by atoms with Crippen molar-refractivity contribution < 1.29 is 4.79 Å². The van der Waals surface area contributed by atoms with Gasteiger partial charge in [-0.2, -0.15) is 0 Å². The molecule has 0 amide bonds. The highest BCUT2D eigenvalue weighted by atomic mass is 16.1. The highest BCUT2D eigenvalue weighted by molar-refractivity contribution is 6.15. The molecule has 0 radical (unpaired) electrons. The van der Waals surface area contributed by atoms with Crippen LogP contribution >= 0.6 is 0 Å². The molecule has 4 aromatic carbocycles. The summed E-state index contributed by atoms with van der Waals surface area (Å²) in [4.78, 5) is 12.0. The molecule has 1 heteroatoms. The van der Waals surface area contributed by atoms with Gasteiger partial charge in [0.2, 0.25) is 0 Å². The van der Waals surface area contributed by atoms with E-state index in [4.69, 9.17) is 0 Å². The molecule has 0 N–H and O–H groups in total. The van der Waals surface area contributed by atoms with Crippen molar-refractivity contribution in [3.63, 3.8) is 0 Å². The van der Waals surface area contributed by atoms with Gasteiger partial charge in [0, 0.05) is 5.56 Å². The number of ketones is 1. The van der Waals surface area contributed by atoms with Crippen LogP contribution in [0.5, 0.6) is 0 Å². The van der Waals surface area contributed by atoms with E-state index in [1.165, 1.54) is 21.5 Å². The molecule has 0 spiro atoms. The fourth-order valence-corrected chi connectivity index (χ4v) is 3.30. The van der Waals surface area contributed by atoms with Gasteiger partial charge in [0.15, 0.2) is 5.78 Å². The SMILES string of the molecule is CC(=O)c1ccccc1-c1cc2ccccc2c2ccccc12. The standard InChI is InChI=1S/C22H16O/c1-15(23)17-9-4-5-11-19(17)22-14-16-8-2-3-10-18(16)20-12-6-7-13-21(20)22/h2-14H,1H3. The summed E-state index contributed by atoms with van der Waals surface area (Å²) >= 11 is 0. The zero-order valence-electron chi connectivity index (χ0n) is 12.9.